The van der Waals surface area contributed by atoms with E-state index in [2.05, 4.69) is 5.32 Å². The van der Waals surface area contributed by atoms with Crippen LogP contribution in [0.3, 0.4) is 0 Å². The summed E-state index contributed by atoms with van der Waals surface area (Å²) in [6, 6.07) is 0. The number of carbonyl (C=O) groups is 1. The van der Waals surface area contributed by atoms with Crippen LogP contribution in [-0.4, -0.2) is 58.4 Å². The molecule has 0 rings (SSSR count). The third kappa shape index (κ3) is 9.92. The van der Waals surface area contributed by atoms with Crippen molar-refractivity contribution in [1.29, 1.82) is 0 Å². The molecular weight excluding hydrogens is 228 g/mol. The number of hydrogen-bond acceptors (Lipinski definition) is 4. The van der Waals surface area contributed by atoms with Gasteiger partial charge in [-0.25, -0.2) is 8.42 Å². The maximum absolute atomic E-state index is 11.2. The third-order valence-corrected chi connectivity index (χ3v) is 3.14. The zero-order chi connectivity index (χ0) is 12.6. The molecule has 0 radical (unpaired) electrons. The fourth-order valence-corrected chi connectivity index (χ4v) is 1.84. The lowest BCUT2D eigenvalue weighted by molar-refractivity contribution is -0.128. The third-order valence-electron chi connectivity index (χ3n) is 2.11. The van der Waals surface area contributed by atoms with Crippen LogP contribution >= 0.6 is 0 Å². The summed E-state index contributed by atoms with van der Waals surface area (Å²) >= 11 is 0. The van der Waals surface area contributed by atoms with E-state index in [0.29, 0.717) is 19.4 Å². The van der Waals surface area contributed by atoms with Crippen molar-refractivity contribution in [1.82, 2.24) is 10.2 Å². The minimum atomic E-state index is -2.84. The Bertz CT molecular complexity index is 299. The normalized spacial score (nSPS) is 11.4. The summed E-state index contributed by atoms with van der Waals surface area (Å²) in [4.78, 5) is 12.8. The van der Waals surface area contributed by atoms with Gasteiger partial charge in [-0.05, 0) is 25.9 Å². The van der Waals surface area contributed by atoms with Gasteiger partial charge in [-0.1, -0.05) is 0 Å². The summed E-state index contributed by atoms with van der Waals surface area (Å²) in [5.74, 6) is 0.342. The molecule has 5 nitrogen and oxygen atoms in total. The van der Waals surface area contributed by atoms with Gasteiger partial charge in [0, 0.05) is 26.8 Å². The van der Waals surface area contributed by atoms with Crippen molar-refractivity contribution < 1.29 is 13.2 Å². The molecule has 0 aliphatic rings. The molecule has 0 aliphatic carbocycles. The highest BCUT2D eigenvalue weighted by Crippen LogP contribution is 1.92. The molecule has 0 atom stereocenters. The van der Waals surface area contributed by atoms with Gasteiger partial charge < -0.3 is 10.2 Å². The monoisotopic (exact) mass is 250 g/mol. The van der Waals surface area contributed by atoms with E-state index in [4.69, 9.17) is 0 Å². The van der Waals surface area contributed by atoms with Gasteiger partial charge in [0.05, 0.1) is 5.75 Å². The molecule has 0 aliphatic heterocycles. The molecule has 0 aromatic carbocycles. The summed E-state index contributed by atoms with van der Waals surface area (Å²) in [7, 11) is 0.634. The van der Waals surface area contributed by atoms with Crippen molar-refractivity contribution in [2.24, 2.45) is 0 Å². The summed E-state index contributed by atoms with van der Waals surface area (Å²) in [5, 5.41) is 3.12. The van der Waals surface area contributed by atoms with E-state index in [1.165, 1.54) is 6.26 Å². The minimum absolute atomic E-state index is 0.123. The molecule has 0 aromatic rings. The molecule has 0 fully saturated rings. The van der Waals surface area contributed by atoms with E-state index in [1.54, 1.807) is 19.0 Å². The molecule has 0 unspecified atom stereocenters. The number of amides is 1. The molecule has 1 N–H and O–H groups in total. The summed E-state index contributed by atoms with van der Waals surface area (Å²) in [5.41, 5.74) is 0. The van der Waals surface area contributed by atoms with Crippen LogP contribution in [0.25, 0.3) is 0 Å². The Labute approximate surface area is 98.1 Å². The quantitative estimate of drug-likeness (QED) is 0.610. The molecule has 96 valence electrons. The van der Waals surface area contributed by atoms with Gasteiger partial charge in [-0.2, -0.15) is 0 Å². The predicted octanol–water partition coefficient (Wildman–Crippen LogP) is -0.121. The second kappa shape index (κ2) is 7.62. The van der Waals surface area contributed by atoms with E-state index < -0.39 is 9.84 Å². The standard InChI is InChI=1S/C10H22N2O3S/c1-12(2)10(13)6-4-7-11-8-5-9-16(3,14)15/h11H,4-9H2,1-3H3. The Morgan fingerprint density at radius 2 is 1.75 bits per heavy atom. The number of carbonyl (C=O) groups excluding carboxylic acids is 1. The zero-order valence-electron chi connectivity index (χ0n) is 10.3. The van der Waals surface area contributed by atoms with Crippen LogP contribution in [0.1, 0.15) is 19.3 Å². The van der Waals surface area contributed by atoms with Crippen molar-refractivity contribution in [3.8, 4) is 0 Å². The Morgan fingerprint density at radius 1 is 1.19 bits per heavy atom. The Morgan fingerprint density at radius 3 is 2.25 bits per heavy atom. The number of nitrogens with zero attached hydrogens (tertiary/aromatic N) is 1. The van der Waals surface area contributed by atoms with Gasteiger partial charge in [0.2, 0.25) is 5.91 Å². The van der Waals surface area contributed by atoms with Gasteiger partial charge in [0.15, 0.2) is 0 Å². The Kier molecular flexibility index (Phi) is 7.33. The molecule has 0 saturated heterocycles. The van der Waals surface area contributed by atoms with E-state index in [-0.39, 0.29) is 11.7 Å². The summed E-state index contributed by atoms with van der Waals surface area (Å²) < 4.78 is 21.6. The Hall–Kier alpha value is -0.620. The second-order valence-electron chi connectivity index (χ2n) is 4.13. The first-order chi connectivity index (χ1) is 7.33. The molecule has 0 aromatic heterocycles. The fraction of sp³-hybridized carbons (Fsp3) is 0.900. The first-order valence-corrected chi connectivity index (χ1v) is 7.47. The van der Waals surface area contributed by atoms with Crippen LogP contribution in [0.5, 0.6) is 0 Å². The van der Waals surface area contributed by atoms with Crippen molar-refractivity contribution in [3.63, 3.8) is 0 Å². The zero-order valence-corrected chi connectivity index (χ0v) is 11.1. The lowest BCUT2D eigenvalue weighted by atomic mass is 10.3. The fourth-order valence-electron chi connectivity index (χ4n) is 1.17. The van der Waals surface area contributed by atoms with Crippen molar-refractivity contribution in [3.05, 3.63) is 0 Å². The van der Waals surface area contributed by atoms with Crippen LogP contribution in [0.15, 0.2) is 0 Å². The lowest BCUT2D eigenvalue weighted by Gasteiger charge is -2.09. The van der Waals surface area contributed by atoms with Gasteiger partial charge >= 0.3 is 0 Å². The summed E-state index contributed by atoms with van der Waals surface area (Å²) in [6.45, 7) is 1.44. The minimum Gasteiger partial charge on any atom is -0.349 e. The Balaban J connectivity index is 3.32. The first-order valence-electron chi connectivity index (χ1n) is 5.41. The molecule has 6 heteroatoms. The number of sulfone groups is 1. The largest absolute Gasteiger partial charge is 0.349 e. The number of nitrogens with one attached hydrogen (secondary N) is 1. The van der Waals surface area contributed by atoms with Crippen LogP contribution in [0.2, 0.25) is 0 Å². The molecule has 1 amide bonds. The highest BCUT2D eigenvalue weighted by molar-refractivity contribution is 7.90. The smallest absolute Gasteiger partial charge is 0.222 e. The van der Waals surface area contributed by atoms with Crippen LogP contribution in [0, 0.1) is 0 Å². The van der Waals surface area contributed by atoms with E-state index >= 15 is 0 Å². The summed E-state index contributed by atoms with van der Waals surface area (Å²) in [6.07, 6.45) is 3.19. The first kappa shape index (κ1) is 15.4. The average Bonchev–Trinajstić information content (AvgIpc) is 2.14. The average molecular weight is 250 g/mol. The van der Waals surface area contributed by atoms with Gasteiger partial charge in [-0.15, -0.1) is 0 Å². The molecule has 0 saturated carbocycles. The second-order valence-corrected chi connectivity index (χ2v) is 6.38. The maximum Gasteiger partial charge on any atom is 0.222 e. The van der Waals surface area contributed by atoms with Crippen LogP contribution in [-0.2, 0) is 14.6 Å². The molecule has 16 heavy (non-hydrogen) atoms. The van der Waals surface area contributed by atoms with Crippen molar-refractivity contribution >= 4 is 15.7 Å². The van der Waals surface area contributed by atoms with Crippen molar-refractivity contribution in [2.45, 2.75) is 19.3 Å². The lowest BCUT2D eigenvalue weighted by Crippen LogP contribution is -2.24. The molecule has 0 heterocycles. The van der Waals surface area contributed by atoms with Crippen LogP contribution < -0.4 is 5.32 Å². The predicted molar refractivity (Wildman–Crippen MR) is 65.1 cm³/mol. The van der Waals surface area contributed by atoms with Gasteiger partial charge in [-0.3, -0.25) is 4.79 Å². The highest BCUT2D eigenvalue weighted by atomic mass is 32.2. The number of hydrogen-bond donors (Lipinski definition) is 1. The van der Waals surface area contributed by atoms with Crippen molar-refractivity contribution in [2.75, 3.05) is 39.2 Å². The number of rotatable bonds is 8. The van der Waals surface area contributed by atoms with Gasteiger partial charge in [0.1, 0.15) is 9.84 Å². The molecular formula is C10H22N2O3S. The topological polar surface area (TPSA) is 66.5 Å². The maximum atomic E-state index is 11.2. The SMILES string of the molecule is CN(C)C(=O)CCCNCCCS(C)(=O)=O. The molecule has 0 spiro atoms. The van der Waals surface area contributed by atoms with E-state index in [0.717, 1.165) is 13.0 Å². The van der Waals surface area contributed by atoms with E-state index in [1.807, 2.05) is 0 Å². The molecule has 0 bridgehead atoms. The van der Waals surface area contributed by atoms with Gasteiger partial charge in [0.25, 0.3) is 0 Å². The highest BCUT2D eigenvalue weighted by Gasteiger charge is 2.03. The van der Waals surface area contributed by atoms with E-state index in [9.17, 15) is 13.2 Å². The van der Waals surface area contributed by atoms with Crippen LogP contribution in [0.4, 0.5) is 0 Å².